The molecule has 1 unspecified atom stereocenters. The second-order valence-corrected chi connectivity index (χ2v) is 5.59. The van der Waals surface area contributed by atoms with Crippen molar-refractivity contribution in [1.29, 1.82) is 0 Å². The van der Waals surface area contributed by atoms with Crippen molar-refractivity contribution >= 4 is 15.9 Å². The maximum Gasteiger partial charge on any atom is 0.148 e. The topological polar surface area (TPSA) is 41.5 Å². The largest absolute Gasteiger partial charge is 0.481 e. The first-order valence-electron chi connectivity index (χ1n) is 6.25. The van der Waals surface area contributed by atoms with E-state index in [4.69, 9.17) is 11.2 Å². The maximum atomic E-state index is 9.40. The van der Waals surface area contributed by atoms with E-state index in [0.717, 1.165) is 22.2 Å². The number of aliphatic hydroxyl groups is 1. The molecule has 0 aliphatic rings. The SMILES string of the molecule is C#CCOc1ccc(Br)cc1CNC(C)(CC)CO. The highest BCUT2D eigenvalue weighted by atomic mass is 79.9. The Bertz CT molecular complexity index is 450. The fourth-order valence-corrected chi connectivity index (χ4v) is 1.96. The number of benzene rings is 1. The summed E-state index contributed by atoms with van der Waals surface area (Å²) in [5.41, 5.74) is 0.726. The zero-order valence-corrected chi connectivity index (χ0v) is 13.0. The number of halogens is 1. The van der Waals surface area contributed by atoms with Crippen molar-refractivity contribution in [2.45, 2.75) is 32.4 Å². The van der Waals surface area contributed by atoms with Gasteiger partial charge in [0.15, 0.2) is 0 Å². The highest BCUT2D eigenvalue weighted by molar-refractivity contribution is 9.10. The molecule has 0 aliphatic heterocycles. The number of hydrogen-bond donors (Lipinski definition) is 2. The van der Waals surface area contributed by atoms with Gasteiger partial charge in [-0.1, -0.05) is 28.8 Å². The number of nitrogens with one attached hydrogen (secondary N) is 1. The van der Waals surface area contributed by atoms with E-state index in [1.165, 1.54) is 0 Å². The molecule has 104 valence electrons. The van der Waals surface area contributed by atoms with Crippen LogP contribution >= 0.6 is 15.9 Å². The Hall–Kier alpha value is -1.02. The molecule has 0 bridgehead atoms. The molecule has 2 N–H and O–H groups in total. The highest BCUT2D eigenvalue weighted by Crippen LogP contribution is 2.24. The summed E-state index contributed by atoms with van der Waals surface area (Å²) in [6, 6.07) is 5.80. The monoisotopic (exact) mass is 325 g/mol. The van der Waals surface area contributed by atoms with Gasteiger partial charge in [-0.2, -0.15) is 0 Å². The van der Waals surface area contributed by atoms with Crippen LogP contribution in [0.3, 0.4) is 0 Å². The quantitative estimate of drug-likeness (QED) is 0.757. The molecule has 4 heteroatoms. The van der Waals surface area contributed by atoms with Crippen LogP contribution in [0.15, 0.2) is 22.7 Å². The summed E-state index contributed by atoms with van der Waals surface area (Å²) in [6.07, 6.45) is 6.05. The van der Waals surface area contributed by atoms with Crippen LogP contribution in [0.1, 0.15) is 25.8 Å². The fourth-order valence-electron chi connectivity index (χ4n) is 1.55. The van der Waals surface area contributed by atoms with Crippen molar-refractivity contribution in [1.82, 2.24) is 5.32 Å². The molecule has 0 radical (unpaired) electrons. The van der Waals surface area contributed by atoms with E-state index in [1.54, 1.807) is 0 Å². The summed E-state index contributed by atoms with van der Waals surface area (Å²) in [6.45, 7) is 4.99. The molecular formula is C15H20BrNO2. The van der Waals surface area contributed by atoms with E-state index in [0.29, 0.717) is 6.54 Å². The van der Waals surface area contributed by atoms with Crippen LogP contribution in [0.25, 0.3) is 0 Å². The Morgan fingerprint density at radius 2 is 2.26 bits per heavy atom. The third kappa shape index (κ3) is 4.87. The lowest BCUT2D eigenvalue weighted by molar-refractivity contribution is 0.168. The minimum Gasteiger partial charge on any atom is -0.481 e. The zero-order chi connectivity index (χ0) is 14.3. The summed E-state index contributed by atoms with van der Waals surface area (Å²) in [5.74, 6) is 3.23. The van der Waals surface area contributed by atoms with Gasteiger partial charge in [0.05, 0.1) is 6.61 Å². The smallest absolute Gasteiger partial charge is 0.148 e. The number of aliphatic hydroxyl groups excluding tert-OH is 1. The van der Waals surface area contributed by atoms with E-state index in [9.17, 15) is 5.11 Å². The van der Waals surface area contributed by atoms with E-state index >= 15 is 0 Å². The van der Waals surface area contributed by atoms with Crippen LogP contribution in [-0.2, 0) is 6.54 Å². The Morgan fingerprint density at radius 1 is 1.53 bits per heavy atom. The Morgan fingerprint density at radius 3 is 2.84 bits per heavy atom. The molecule has 19 heavy (non-hydrogen) atoms. The van der Waals surface area contributed by atoms with Crippen molar-refractivity contribution in [2.75, 3.05) is 13.2 Å². The van der Waals surface area contributed by atoms with Gasteiger partial charge in [0.2, 0.25) is 0 Å². The molecular weight excluding hydrogens is 306 g/mol. The normalized spacial score (nSPS) is 13.6. The summed E-state index contributed by atoms with van der Waals surface area (Å²) in [5, 5.41) is 12.8. The molecule has 0 saturated heterocycles. The lowest BCUT2D eigenvalue weighted by Gasteiger charge is -2.27. The van der Waals surface area contributed by atoms with Crippen molar-refractivity contribution in [3.8, 4) is 18.1 Å². The lowest BCUT2D eigenvalue weighted by atomic mass is 10.00. The first-order chi connectivity index (χ1) is 9.04. The van der Waals surface area contributed by atoms with Crippen molar-refractivity contribution in [2.24, 2.45) is 0 Å². The van der Waals surface area contributed by atoms with Crippen LogP contribution in [0.5, 0.6) is 5.75 Å². The molecule has 0 aromatic heterocycles. The predicted molar refractivity (Wildman–Crippen MR) is 81.1 cm³/mol. The molecule has 3 nitrogen and oxygen atoms in total. The Kier molecular flexibility index (Phi) is 6.36. The van der Waals surface area contributed by atoms with Gasteiger partial charge >= 0.3 is 0 Å². The van der Waals surface area contributed by atoms with Gasteiger partial charge in [0.1, 0.15) is 12.4 Å². The molecule has 0 saturated carbocycles. The molecule has 1 rings (SSSR count). The summed E-state index contributed by atoms with van der Waals surface area (Å²) in [4.78, 5) is 0. The van der Waals surface area contributed by atoms with E-state index < -0.39 is 0 Å². The van der Waals surface area contributed by atoms with Gasteiger partial charge in [-0.25, -0.2) is 0 Å². The Balaban J connectivity index is 2.81. The molecule has 0 fully saturated rings. The molecule has 0 amide bonds. The van der Waals surface area contributed by atoms with Crippen molar-refractivity contribution < 1.29 is 9.84 Å². The first-order valence-corrected chi connectivity index (χ1v) is 7.04. The summed E-state index contributed by atoms with van der Waals surface area (Å²) < 4.78 is 6.50. The lowest BCUT2D eigenvalue weighted by Crippen LogP contribution is -2.44. The number of rotatable bonds is 7. The summed E-state index contributed by atoms with van der Waals surface area (Å²) >= 11 is 3.45. The molecule has 1 aromatic carbocycles. The van der Waals surface area contributed by atoms with Crippen molar-refractivity contribution in [3.63, 3.8) is 0 Å². The second-order valence-electron chi connectivity index (χ2n) is 4.67. The molecule has 1 atom stereocenters. The third-order valence-electron chi connectivity index (χ3n) is 3.17. The number of terminal acetylenes is 1. The second kappa shape index (κ2) is 7.54. The van der Waals surface area contributed by atoms with Crippen LogP contribution in [-0.4, -0.2) is 23.9 Å². The maximum absolute atomic E-state index is 9.40. The third-order valence-corrected chi connectivity index (χ3v) is 3.66. The van der Waals surface area contributed by atoms with E-state index in [-0.39, 0.29) is 18.8 Å². The number of ether oxygens (including phenoxy) is 1. The highest BCUT2D eigenvalue weighted by Gasteiger charge is 2.20. The molecule has 0 heterocycles. The van der Waals surface area contributed by atoms with Gasteiger partial charge in [-0.3, -0.25) is 0 Å². The minimum absolute atomic E-state index is 0.0953. The summed E-state index contributed by atoms with van der Waals surface area (Å²) in [7, 11) is 0. The molecule has 0 spiro atoms. The average molecular weight is 326 g/mol. The van der Waals surface area contributed by atoms with Crippen LogP contribution in [0, 0.1) is 12.3 Å². The van der Waals surface area contributed by atoms with Gasteiger partial charge in [0.25, 0.3) is 0 Å². The van der Waals surface area contributed by atoms with Crippen LogP contribution < -0.4 is 10.1 Å². The zero-order valence-electron chi connectivity index (χ0n) is 11.4. The van der Waals surface area contributed by atoms with E-state index in [1.807, 2.05) is 32.0 Å². The van der Waals surface area contributed by atoms with Gasteiger partial charge in [-0.15, -0.1) is 6.42 Å². The van der Waals surface area contributed by atoms with E-state index in [2.05, 4.69) is 27.2 Å². The standard InChI is InChI=1S/C15H20BrNO2/c1-4-8-19-14-7-6-13(16)9-12(14)10-17-15(3,5-2)11-18/h1,6-7,9,17-18H,5,8,10-11H2,2-3H3. The Labute approximate surface area is 123 Å². The van der Waals surface area contributed by atoms with Gasteiger partial charge in [0, 0.05) is 22.1 Å². The fraction of sp³-hybridized carbons (Fsp3) is 0.467. The van der Waals surface area contributed by atoms with Crippen LogP contribution in [0.4, 0.5) is 0 Å². The predicted octanol–water partition coefficient (Wildman–Crippen LogP) is 2.71. The van der Waals surface area contributed by atoms with Gasteiger partial charge < -0.3 is 15.2 Å². The minimum atomic E-state index is -0.286. The first kappa shape index (κ1) is 16.0. The molecule has 1 aromatic rings. The molecule has 0 aliphatic carbocycles. The average Bonchev–Trinajstić information content (AvgIpc) is 2.43. The van der Waals surface area contributed by atoms with Gasteiger partial charge in [-0.05, 0) is 31.5 Å². The van der Waals surface area contributed by atoms with Crippen molar-refractivity contribution in [3.05, 3.63) is 28.2 Å². The number of hydrogen-bond acceptors (Lipinski definition) is 3. The van der Waals surface area contributed by atoms with Crippen LogP contribution in [0.2, 0.25) is 0 Å².